The van der Waals surface area contributed by atoms with Crippen molar-refractivity contribution < 1.29 is 38.5 Å². The number of benzene rings is 1. The highest BCUT2D eigenvalue weighted by molar-refractivity contribution is 9.11. The Labute approximate surface area is 284 Å². The predicted molar refractivity (Wildman–Crippen MR) is 177 cm³/mol. The molecule has 3 amide bonds. The van der Waals surface area contributed by atoms with Gasteiger partial charge in [-0.25, -0.2) is 0 Å². The van der Waals surface area contributed by atoms with Crippen LogP contribution < -0.4 is 5.32 Å². The van der Waals surface area contributed by atoms with Crippen molar-refractivity contribution in [3.8, 4) is 0 Å². The van der Waals surface area contributed by atoms with Gasteiger partial charge in [0.2, 0.25) is 17.7 Å². The van der Waals surface area contributed by atoms with Crippen molar-refractivity contribution >= 4 is 39.6 Å². The number of nitrogens with zero attached hydrogens (tertiary/aromatic N) is 2. The van der Waals surface area contributed by atoms with Crippen molar-refractivity contribution in [2.24, 2.45) is 17.8 Å². The van der Waals surface area contributed by atoms with E-state index < -0.39 is 59.6 Å². The van der Waals surface area contributed by atoms with Gasteiger partial charge in [-0.3, -0.25) is 19.2 Å². The average Bonchev–Trinajstić information content (AvgIpc) is 3.64. The van der Waals surface area contributed by atoms with Gasteiger partial charge in [0.1, 0.15) is 29.8 Å². The first-order valence-electron chi connectivity index (χ1n) is 16.5. The predicted octanol–water partition coefficient (Wildman–Crippen LogP) is 3.27. The fourth-order valence-corrected chi connectivity index (χ4v) is 8.24. The lowest BCUT2D eigenvalue weighted by Crippen LogP contribution is -2.60. The van der Waals surface area contributed by atoms with Crippen LogP contribution in [0.1, 0.15) is 58.6 Å². The van der Waals surface area contributed by atoms with E-state index in [0.717, 1.165) is 0 Å². The van der Waals surface area contributed by atoms with Gasteiger partial charge in [0, 0.05) is 30.6 Å². The molecule has 9 atom stereocenters. The van der Waals surface area contributed by atoms with Gasteiger partial charge in [-0.05, 0) is 37.8 Å². The van der Waals surface area contributed by atoms with Crippen LogP contribution in [0.5, 0.6) is 0 Å². The molecule has 2 N–H and O–H groups in total. The maximum atomic E-state index is 14.7. The lowest BCUT2D eigenvalue weighted by Gasteiger charge is -2.41. The number of halogens is 1. The summed E-state index contributed by atoms with van der Waals surface area (Å²) in [5, 5.41) is 13.7. The number of cyclic esters (lactones) is 1. The molecule has 0 radical (unpaired) electrons. The number of carbonyl (C=O) groups excluding carboxylic acids is 4. The summed E-state index contributed by atoms with van der Waals surface area (Å²) in [5.74, 6) is -4.00. The molecule has 4 aliphatic heterocycles. The smallest absolute Gasteiger partial charge is 0.313 e. The first kappa shape index (κ1) is 35.3. The second-order valence-electron chi connectivity index (χ2n) is 13.2. The summed E-state index contributed by atoms with van der Waals surface area (Å²) in [6.07, 6.45) is 4.94. The van der Waals surface area contributed by atoms with Crippen LogP contribution in [-0.4, -0.2) is 101 Å². The van der Waals surface area contributed by atoms with Gasteiger partial charge in [-0.15, -0.1) is 0 Å². The molecule has 0 saturated carbocycles. The molecule has 0 aliphatic carbocycles. The Bertz CT molecular complexity index is 1400. The van der Waals surface area contributed by atoms with Crippen molar-refractivity contribution in [1.82, 2.24) is 15.1 Å². The second-order valence-corrected chi connectivity index (χ2v) is 14.1. The van der Waals surface area contributed by atoms with E-state index in [9.17, 15) is 24.3 Å². The lowest BCUT2D eigenvalue weighted by atomic mass is 9.74. The largest absolute Gasteiger partial charge is 0.455 e. The molecule has 11 nitrogen and oxygen atoms in total. The SMILES string of the molecule is CC[C@H](C)[C@H](CO)N1C(=O)[C@@H]2[C@H]3C(=O)O[C@@H](c4ccccc4)[C@H](COC)NC(=O)CC/C=C\CN(C(C)C)C(=O)[C@@H]1[C@]21C=C(Br)[C@H]3O1. The number of fused-ring (bicyclic) bond motifs is 2. The van der Waals surface area contributed by atoms with Gasteiger partial charge in [0.05, 0.1) is 31.2 Å². The lowest BCUT2D eigenvalue weighted by molar-refractivity contribution is -0.163. The van der Waals surface area contributed by atoms with Crippen molar-refractivity contribution in [1.29, 1.82) is 0 Å². The normalized spacial score (nSPS) is 33.4. The van der Waals surface area contributed by atoms with Crippen molar-refractivity contribution in [3.63, 3.8) is 0 Å². The number of methoxy groups -OCH3 is 1. The summed E-state index contributed by atoms with van der Waals surface area (Å²) >= 11 is 3.60. The zero-order valence-electron chi connectivity index (χ0n) is 27.6. The van der Waals surface area contributed by atoms with Gasteiger partial charge in [-0.2, -0.15) is 0 Å². The number of aliphatic hydroxyl groups excluding tert-OH is 1. The maximum absolute atomic E-state index is 14.7. The fourth-order valence-electron chi connectivity index (χ4n) is 7.50. The maximum Gasteiger partial charge on any atom is 0.313 e. The number of nitrogens with one attached hydrogen (secondary N) is 1. The molecule has 2 saturated heterocycles. The standard InChI is InChI=1S/C35H46BrN3O8/c1-6-21(4)25(18-40)39-31-33(43)38(20(2)3)16-12-8-11-15-26(41)37-24(19-45-5)29(22-13-9-7-10-14-22)46-34(44)27-28(32(39)42)35(31)17-23(36)30(27)47-35/h7-10,12-14,17,20-21,24-25,27-31,40H,6,11,15-16,18-19H2,1-5H3,(H,37,41)/b12-8-/t21-,24-,25-,27+,28-,29-,30+,31+,35-/m0/s1. The number of hydrogen-bond donors (Lipinski definition) is 2. The van der Waals surface area contributed by atoms with Gasteiger partial charge in [0.25, 0.3) is 0 Å². The Morgan fingerprint density at radius 3 is 2.45 bits per heavy atom. The van der Waals surface area contributed by atoms with E-state index in [1.807, 2.05) is 70.2 Å². The minimum absolute atomic E-state index is 0.0652. The van der Waals surface area contributed by atoms with Crippen molar-refractivity contribution in [2.45, 2.75) is 88.9 Å². The quantitative estimate of drug-likeness (QED) is 0.310. The monoisotopic (exact) mass is 715 g/mol. The number of allylic oxidation sites excluding steroid dienone is 1. The molecule has 5 bridgehead atoms. The molecule has 0 aromatic heterocycles. The Morgan fingerprint density at radius 1 is 1.09 bits per heavy atom. The number of aliphatic hydroxyl groups is 1. The molecule has 12 heteroatoms. The topological polar surface area (TPSA) is 135 Å². The number of carbonyl (C=O) groups is 4. The number of hydrogen-bond acceptors (Lipinski definition) is 8. The number of ether oxygens (including phenoxy) is 3. The van der Waals surface area contributed by atoms with E-state index in [1.165, 1.54) is 12.0 Å². The summed E-state index contributed by atoms with van der Waals surface area (Å²) in [4.78, 5) is 60.2. The van der Waals surface area contributed by atoms with Gasteiger partial charge < -0.3 is 34.4 Å². The molecule has 1 aromatic carbocycles. The summed E-state index contributed by atoms with van der Waals surface area (Å²) < 4.78 is 19.0. The number of rotatable bonds is 8. The number of likely N-dealkylation sites (tertiary alicyclic amines) is 1. The van der Waals surface area contributed by atoms with Crippen LogP contribution in [-0.2, 0) is 33.4 Å². The van der Waals surface area contributed by atoms with Crippen LogP contribution in [0, 0.1) is 17.8 Å². The summed E-state index contributed by atoms with van der Waals surface area (Å²) in [6.45, 7) is 7.66. The Balaban J connectivity index is 1.66. The minimum atomic E-state index is -1.46. The highest BCUT2D eigenvalue weighted by Crippen LogP contribution is 2.59. The van der Waals surface area contributed by atoms with Crippen molar-refractivity contribution in [2.75, 3.05) is 26.9 Å². The molecule has 5 rings (SSSR count). The minimum Gasteiger partial charge on any atom is -0.455 e. The first-order chi connectivity index (χ1) is 22.5. The van der Waals surface area contributed by atoms with Crippen LogP contribution in [0.3, 0.4) is 0 Å². The Hall–Kier alpha value is -3.06. The molecular weight excluding hydrogens is 670 g/mol. The fraction of sp³-hybridized carbons (Fsp3) is 0.600. The molecule has 256 valence electrons. The second kappa shape index (κ2) is 14.6. The van der Waals surface area contributed by atoms with E-state index in [2.05, 4.69) is 21.2 Å². The molecular formula is C35H46BrN3O8. The zero-order chi connectivity index (χ0) is 34.0. The summed E-state index contributed by atoms with van der Waals surface area (Å²) in [5.41, 5.74) is -0.818. The number of esters is 1. The van der Waals surface area contributed by atoms with Gasteiger partial charge in [0.15, 0.2) is 0 Å². The van der Waals surface area contributed by atoms with Crippen LogP contribution in [0.25, 0.3) is 0 Å². The highest BCUT2D eigenvalue weighted by atomic mass is 79.9. The van der Waals surface area contributed by atoms with Crippen LogP contribution in [0.2, 0.25) is 0 Å². The Kier molecular flexibility index (Phi) is 10.9. The molecule has 1 spiro atoms. The molecule has 4 aliphatic rings. The highest BCUT2D eigenvalue weighted by Gasteiger charge is 2.75. The van der Waals surface area contributed by atoms with Gasteiger partial charge in [-0.1, -0.05) is 78.7 Å². The number of amides is 3. The summed E-state index contributed by atoms with van der Waals surface area (Å²) in [7, 11) is 1.51. The molecule has 4 heterocycles. The van der Waals surface area contributed by atoms with Gasteiger partial charge >= 0.3 is 5.97 Å². The van der Waals surface area contributed by atoms with E-state index in [-0.39, 0.29) is 50.0 Å². The van der Waals surface area contributed by atoms with Crippen LogP contribution >= 0.6 is 15.9 Å². The molecule has 1 aromatic rings. The molecule has 2 fully saturated rings. The van der Waals surface area contributed by atoms with E-state index in [0.29, 0.717) is 22.9 Å². The Morgan fingerprint density at radius 2 is 1.81 bits per heavy atom. The van der Waals surface area contributed by atoms with Crippen molar-refractivity contribution in [3.05, 3.63) is 58.6 Å². The molecule has 0 unspecified atom stereocenters. The van der Waals surface area contributed by atoms with Crippen LogP contribution in [0.15, 0.2) is 53.0 Å². The average molecular weight is 717 g/mol. The third-order valence-corrected chi connectivity index (χ3v) is 10.7. The van der Waals surface area contributed by atoms with Crippen LogP contribution in [0.4, 0.5) is 0 Å². The van der Waals surface area contributed by atoms with E-state index in [4.69, 9.17) is 14.2 Å². The zero-order valence-corrected chi connectivity index (χ0v) is 29.2. The first-order valence-corrected chi connectivity index (χ1v) is 17.3. The third-order valence-electron chi connectivity index (χ3n) is 10.1. The summed E-state index contributed by atoms with van der Waals surface area (Å²) in [6, 6.07) is 6.32. The molecule has 47 heavy (non-hydrogen) atoms. The van der Waals surface area contributed by atoms with E-state index >= 15 is 0 Å². The third kappa shape index (κ3) is 6.41. The van der Waals surface area contributed by atoms with E-state index in [1.54, 1.807) is 11.0 Å².